The van der Waals surface area contributed by atoms with Gasteiger partial charge in [-0.1, -0.05) is 30.7 Å². The van der Waals surface area contributed by atoms with E-state index in [-0.39, 0.29) is 48.6 Å². The minimum atomic E-state index is -0.807. The first-order valence-corrected chi connectivity index (χ1v) is 15.6. The summed E-state index contributed by atoms with van der Waals surface area (Å²) in [6.07, 6.45) is 7.91. The molecule has 0 aromatic heterocycles. The SMILES string of the molecule is COC(=O)C[C@@H]1C[C@@]2(CO2)[C@H](O)[C@@H](/C=C/C(C)=C/C[C@@H]2O[C@H](C)[C@H](NC(=O)/C=C\[C@H](C)OC(=O)N3CCOCC3)C[C@@H]2C)O1. The lowest BCUT2D eigenvalue weighted by atomic mass is 9.87. The van der Waals surface area contributed by atoms with Gasteiger partial charge in [-0.25, -0.2) is 4.79 Å². The number of hydrogen-bond acceptors (Lipinski definition) is 10. The van der Waals surface area contributed by atoms with Gasteiger partial charge in [-0.05, 0) is 45.6 Å². The predicted octanol–water partition coefficient (Wildman–Crippen LogP) is 2.44. The zero-order valence-electron chi connectivity index (χ0n) is 26.4. The van der Waals surface area contributed by atoms with E-state index in [1.807, 2.05) is 26.0 Å². The Morgan fingerprint density at radius 2 is 1.89 bits per heavy atom. The van der Waals surface area contributed by atoms with E-state index in [1.165, 1.54) is 13.2 Å². The third-order valence-corrected chi connectivity index (χ3v) is 8.75. The molecule has 4 aliphatic heterocycles. The zero-order valence-corrected chi connectivity index (χ0v) is 26.4. The molecule has 2 N–H and O–H groups in total. The van der Waals surface area contributed by atoms with Gasteiger partial charge in [0.2, 0.25) is 5.91 Å². The lowest BCUT2D eigenvalue weighted by Crippen LogP contribution is -2.50. The Morgan fingerprint density at radius 1 is 1.16 bits per heavy atom. The van der Waals surface area contributed by atoms with Crippen LogP contribution < -0.4 is 5.32 Å². The van der Waals surface area contributed by atoms with Gasteiger partial charge in [-0.15, -0.1) is 0 Å². The van der Waals surface area contributed by atoms with Crippen LogP contribution in [-0.2, 0) is 38.0 Å². The molecule has 0 aliphatic carbocycles. The molecular formula is C32H48N2O10. The maximum Gasteiger partial charge on any atom is 0.410 e. The van der Waals surface area contributed by atoms with Gasteiger partial charge in [0.25, 0.3) is 0 Å². The molecule has 9 atom stereocenters. The van der Waals surface area contributed by atoms with Crippen LogP contribution in [-0.4, -0.2) is 116 Å². The summed E-state index contributed by atoms with van der Waals surface area (Å²) in [4.78, 5) is 38.2. The number of morpholine rings is 1. The first-order valence-electron chi connectivity index (χ1n) is 15.6. The lowest BCUT2D eigenvalue weighted by molar-refractivity contribution is -0.157. The molecule has 4 fully saturated rings. The number of amides is 2. The summed E-state index contributed by atoms with van der Waals surface area (Å²) in [7, 11) is 1.35. The summed E-state index contributed by atoms with van der Waals surface area (Å²) < 4.78 is 33.3. The second kappa shape index (κ2) is 15.5. The molecule has 4 heterocycles. The largest absolute Gasteiger partial charge is 0.469 e. The molecule has 0 unspecified atom stereocenters. The average Bonchev–Trinajstić information content (AvgIpc) is 3.78. The number of ether oxygens (including phenoxy) is 6. The molecule has 0 radical (unpaired) electrons. The molecule has 44 heavy (non-hydrogen) atoms. The number of esters is 1. The highest BCUT2D eigenvalue weighted by Crippen LogP contribution is 2.43. The normalized spacial score (nSPS) is 35.1. The topological polar surface area (TPSA) is 145 Å². The first-order chi connectivity index (χ1) is 21.0. The third kappa shape index (κ3) is 9.37. The number of nitrogens with zero attached hydrogens (tertiary/aromatic N) is 1. The van der Waals surface area contributed by atoms with Crippen molar-refractivity contribution in [2.45, 2.75) is 102 Å². The molecule has 0 bridgehead atoms. The first kappa shape index (κ1) is 34.1. The van der Waals surface area contributed by atoms with E-state index < -0.39 is 30.0 Å². The highest BCUT2D eigenvalue weighted by molar-refractivity contribution is 5.87. The van der Waals surface area contributed by atoms with Gasteiger partial charge in [0.1, 0.15) is 23.9 Å². The molecule has 0 aromatic rings. The van der Waals surface area contributed by atoms with Crippen LogP contribution in [0.25, 0.3) is 0 Å². The second-order valence-corrected chi connectivity index (χ2v) is 12.3. The summed E-state index contributed by atoms with van der Waals surface area (Å²) in [5, 5.41) is 13.8. The maximum atomic E-state index is 12.6. The van der Waals surface area contributed by atoms with Crippen molar-refractivity contribution >= 4 is 18.0 Å². The number of methoxy groups -OCH3 is 1. The quantitative estimate of drug-likeness (QED) is 0.162. The number of nitrogens with one attached hydrogen (secondary N) is 1. The van der Waals surface area contributed by atoms with Crippen molar-refractivity contribution in [3.8, 4) is 0 Å². The van der Waals surface area contributed by atoms with E-state index in [9.17, 15) is 19.5 Å². The second-order valence-electron chi connectivity index (χ2n) is 12.3. The number of epoxide rings is 1. The Morgan fingerprint density at radius 3 is 2.57 bits per heavy atom. The van der Waals surface area contributed by atoms with Crippen molar-refractivity contribution in [1.29, 1.82) is 0 Å². The van der Waals surface area contributed by atoms with Gasteiger partial charge in [-0.3, -0.25) is 9.59 Å². The van der Waals surface area contributed by atoms with Crippen LogP contribution in [0.2, 0.25) is 0 Å². The van der Waals surface area contributed by atoms with Crippen LogP contribution in [0.4, 0.5) is 4.79 Å². The summed E-state index contributed by atoms with van der Waals surface area (Å²) in [5.74, 6) is -0.408. The fourth-order valence-corrected chi connectivity index (χ4v) is 5.87. The molecule has 246 valence electrons. The Kier molecular flexibility index (Phi) is 12.0. The molecule has 4 aliphatic rings. The molecule has 12 nitrogen and oxygen atoms in total. The van der Waals surface area contributed by atoms with Gasteiger partial charge >= 0.3 is 12.1 Å². The molecule has 0 saturated carbocycles. The van der Waals surface area contributed by atoms with E-state index >= 15 is 0 Å². The fourth-order valence-electron chi connectivity index (χ4n) is 5.87. The van der Waals surface area contributed by atoms with Crippen molar-refractivity contribution in [1.82, 2.24) is 10.2 Å². The Hall–Kier alpha value is -2.77. The highest BCUT2D eigenvalue weighted by Gasteiger charge is 2.58. The summed E-state index contributed by atoms with van der Waals surface area (Å²) in [6.45, 7) is 10.2. The van der Waals surface area contributed by atoms with Gasteiger partial charge in [0.15, 0.2) is 0 Å². The highest BCUT2D eigenvalue weighted by atomic mass is 16.6. The number of aliphatic hydroxyl groups is 1. The Labute approximate surface area is 259 Å². The molecular weight excluding hydrogens is 572 g/mol. The molecule has 12 heteroatoms. The third-order valence-electron chi connectivity index (χ3n) is 8.75. The van der Waals surface area contributed by atoms with Crippen LogP contribution >= 0.6 is 0 Å². The van der Waals surface area contributed by atoms with Crippen molar-refractivity contribution in [3.63, 3.8) is 0 Å². The number of rotatable bonds is 10. The van der Waals surface area contributed by atoms with E-state index in [2.05, 4.69) is 18.3 Å². The summed E-state index contributed by atoms with van der Waals surface area (Å²) in [6, 6.07) is -0.144. The average molecular weight is 621 g/mol. The van der Waals surface area contributed by atoms with Crippen LogP contribution in [0.1, 0.15) is 53.4 Å². The summed E-state index contributed by atoms with van der Waals surface area (Å²) >= 11 is 0. The van der Waals surface area contributed by atoms with Gasteiger partial charge in [0.05, 0.1) is 57.7 Å². The molecule has 1 spiro atoms. The van der Waals surface area contributed by atoms with Crippen molar-refractivity contribution in [2.75, 3.05) is 40.0 Å². The van der Waals surface area contributed by atoms with Crippen LogP contribution in [0.15, 0.2) is 36.0 Å². The number of carbonyl (C=O) groups excluding carboxylic acids is 3. The van der Waals surface area contributed by atoms with Gasteiger partial charge in [0, 0.05) is 25.6 Å². The number of carbonyl (C=O) groups is 3. The minimum absolute atomic E-state index is 0.0132. The summed E-state index contributed by atoms with van der Waals surface area (Å²) in [5.41, 5.74) is 0.343. The predicted molar refractivity (Wildman–Crippen MR) is 160 cm³/mol. The van der Waals surface area contributed by atoms with Crippen molar-refractivity contribution < 1.29 is 47.9 Å². The van der Waals surface area contributed by atoms with Crippen molar-refractivity contribution in [2.24, 2.45) is 5.92 Å². The van der Waals surface area contributed by atoms with Crippen LogP contribution in [0.3, 0.4) is 0 Å². The smallest absolute Gasteiger partial charge is 0.410 e. The monoisotopic (exact) mass is 620 g/mol. The molecule has 0 aromatic carbocycles. The van der Waals surface area contributed by atoms with E-state index in [0.29, 0.717) is 45.8 Å². The van der Waals surface area contributed by atoms with E-state index in [4.69, 9.17) is 28.4 Å². The zero-order chi connectivity index (χ0) is 31.9. The number of aliphatic hydroxyl groups excluding tert-OH is 1. The van der Waals surface area contributed by atoms with Crippen LogP contribution in [0.5, 0.6) is 0 Å². The van der Waals surface area contributed by atoms with Crippen LogP contribution in [0, 0.1) is 5.92 Å². The van der Waals surface area contributed by atoms with E-state index in [0.717, 1.165) is 12.0 Å². The molecule has 4 saturated heterocycles. The van der Waals surface area contributed by atoms with Gasteiger partial charge < -0.3 is 43.7 Å². The fraction of sp³-hybridized carbons (Fsp3) is 0.719. The van der Waals surface area contributed by atoms with Gasteiger partial charge in [-0.2, -0.15) is 0 Å². The Bertz CT molecular complexity index is 1100. The van der Waals surface area contributed by atoms with E-state index in [1.54, 1.807) is 17.9 Å². The lowest BCUT2D eigenvalue weighted by Gasteiger charge is -2.39. The number of allylic oxidation sites excluding steroid dienone is 2. The molecule has 4 rings (SSSR count). The number of hydrogen-bond donors (Lipinski definition) is 2. The van der Waals surface area contributed by atoms with Crippen molar-refractivity contribution in [3.05, 3.63) is 36.0 Å². The molecule has 2 amide bonds. The standard InChI is InChI=1S/C32H48N2O10/c1-20(7-10-27-30(37)32(19-41-32)18-24(44-27)17-29(36)39-5)6-9-26-21(2)16-25(23(4)43-26)33-28(35)11-8-22(3)42-31(38)34-12-14-40-15-13-34/h6-8,10-11,21-27,30,37H,9,12-19H2,1-5H3,(H,33,35)/b10-7+,11-8-,20-6+/t21-,22-,23+,24+,25+,26-,27+,30+,32+/m0/s1. The minimum Gasteiger partial charge on any atom is -0.469 e. The Balaban J connectivity index is 1.22. The maximum absolute atomic E-state index is 12.6.